The van der Waals surface area contributed by atoms with E-state index in [1.807, 2.05) is 0 Å². The van der Waals surface area contributed by atoms with Gasteiger partial charge in [0.2, 0.25) is 0 Å². The molecule has 1 atom stereocenters. The number of aliphatic hydroxyl groups is 1. The molecule has 9 heteroatoms. The summed E-state index contributed by atoms with van der Waals surface area (Å²) in [5.74, 6) is 2.43. The minimum Gasteiger partial charge on any atom is -0.462 e. The SMILES string of the molecule is C#CCOCC(O)CN(Cc1nc2sc(C(=O)OCC)c(C)c2c(=O)[nH]1)C1CC1. The predicted octanol–water partition coefficient (Wildman–Crippen LogP) is 1.44. The highest BCUT2D eigenvalue weighted by Crippen LogP contribution is 2.30. The van der Waals surface area contributed by atoms with Crippen LogP contribution in [0.2, 0.25) is 0 Å². The van der Waals surface area contributed by atoms with Crippen molar-refractivity contribution in [2.24, 2.45) is 0 Å². The maximum atomic E-state index is 12.6. The molecule has 3 rings (SSSR count). The summed E-state index contributed by atoms with van der Waals surface area (Å²) in [7, 11) is 0. The molecule has 1 aliphatic carbocycles. The number of esters is 1. The van der Waals surface area contributed by atoms with Crippen molar-refractivity contribution in [3.8, 4) is 12.3 Å². The average Bonchev–Trinajstić information content (AvgIpc) is 3.45. The molecule has 0 aromatic carbocycles. The Morgan fingerprint density at radius 2 is 2.28 bits per heavy atom. The highest BCUT2D eigenvalue weighted by molar-refractivity contribution is 7.20. The van der Waals surface area contributed by atoms with Crippen LogP contribution < -0.4 is 5.56 Å². The minimum absolute atomic E-state index is 0.156. The number of carbonyl (C=O) groups is 1. The second-order valence-electron chi connectivity index (χ2n) is 7.00. The lowest BCUT2D eigenvalue weighted by atomic mass is 10.2. The number of ether oxygens (including phenoxy) is 2. The monoisotopic (exact) mass is 419 g/mol. The maximum Gasteiger partial charge on any atom is 0.348 e. The van der Waals surface area contributed by atoms with E-state index < -0.39 is 12.1 Å². The molecular formula is C20H25N3O5S. The van der Waals surface area contributed by atoms with E-state index in [0.717, 1.165) is 12.8 Å². The summed E-state index contributed by atoms with van der Waals surface area (Å²) in [5, 5.41) is 10.6. The van der Waals surface area contributed by atoms with Gasteiger partial charge < -0.3 is 19.6 Å². The number of aliphatic hydroxyl groups excluding tert-OH is 1. The summed E-state index contributed by atoms with van der Waals surface area (Å²) in [5.41, 5.74) is 0.312. The number of hydrogen-bond acceptors (Lipinski definition) is 8. The lowest BCUT2D eigenvalue weighted by molar-refractivity contribution is 0.0237. The van der Waals surface area contributed by atoms with Gasteiger partial charge in [-0.3, -0.25) is 9.69 Å². The molecule has 156 valence electrons. The van der Waals surface area contributed by atoms with Crippen LogP contribution in [0.4, 0.5) is 0 Å². The summed E-state index contributed by atoms with van der Waals surface area (Å²) in [6.45, 7) is 4.84. The molecule has 1 fully saturated rings. The maximum absolute atomic E-state index is 12.6. The first-order valence-corrected chi connectivity index (χ1v) is 10.4. The number of hydrogen-bond donors (Lipinski definition) is 2. The first-order chi connectivity index (χ1) is 13.9. The van der Waals surface area contributed by atoms with Crippen LogP contribution in [0, 0.1) is 19.3 Å². The van der Waals surface area contributed by atoms with Crippen LogP contribution in [-0.2, 0) is 16.0 Å². The van der Waals surface area contributed by atoms with Gasteiger partial charge in [0.15, 0.2) is 0 Å². The van der Waals surface area contributed by atoms with E-state index in [1.165, 1.54) is 11.3 Å². The fourth-order valence-electron chi connectivity index (χ4n) is 3.21. The zero-order valence-corrected chi connectivity index (χ0v) is 17.4. The van der Waals surface area contributed by atoms with Crippen LogP contribution in [0.5, 0.6) is 0 Å². The van der Waals surface area contributed by atoms with Gasteiger partial charge in [0.1, 0.15) is 22.1 Å². The Bertz CT molecular complexity index is 973. The van der Waals surface area contributed by atoms with Gasteiger partial charge in [-0.15, -0.1) is 17.8 Å². The quantitative estimate of drug-likeness (QED) is 0.341. The Hall–Kier alpha value is -2.25. The Morgan fingerprint density at radius 1 is 1.52 bits per heavy atom. The number of rotatable bonds is 10. The Balaban J connectivity index is 1.79. The molecule has 2 heterocycles. The van der Waals surface area contributed by atoms with Crippen LogP contribution in [0.1, 0.15) is 40.8 Å². The molecule has 0 amide bonds. The number of aryl methyl sites for hydroxylation is 1. The topological polar surface area (TPSA) is 105 Å². The number of nitrogens with zero attached hydrogens (tertiary/aromatic N) is 2. The van der Waals surface area contributed by atoms with Crippen molar-refractivity contribution in [1.82, 2.24) is 14.9 Å². The van der Waals surface area contributed by atoms with Gasteiger partial charge in [0, 0.05) is 12.6 Å². The summed E-state index contributed by atoms with van der Waals surface area (Å²) < 4.78 is 10.3. The highest BCUT2D eigenvalue weighted by atomic mass is 32.1. The van der Waals surface area contributed by atoms with E-state index in [2.05, 4.69) is 20.8 Å². The van der Waals surface area contributed by atoms with Gasteiger partial charge in [-0.05, 0) is 32.3 Å². The van der Waals surface area contributed by atoms with Crippen LogP contribution in [0.3, 0.4) is 0 Å². The Kier molecular flexibility index (Phi) is 7.03. The number of fused-ring (bicyclic) bond motifs is 1. The van der Waals surface area contributed by atoms with Crippen molar-refractivity contribution in [1.29, 1.82) is 0 Å². The van der Waals surface area contributed by atoms with Gasteiger partial charge in [0.05, 0.1) is 31.2 Å². The van der Waals surface area contributed by atoms with Crippen LogP contribution in [0.25, 0.3) is 10.2 Å². The normalized spacial score (nSPS) is 14.9. The summed E-state index contributed by atoms with van der Waals surface area (Å²) >= 11 is 1.17. The Morgan fingerprint density at radius 3 is 2.93 bits per heavy atom. The molecule has 0 spiro atoms. The van der Waals surface area contributed by atoms with Crippen molar-refractivity contribution in [2.45, 2.75) is 45.4 Å². The zero-order chi connectivity index (χ0) is 21.0. The fourth-order valence-corrected chi connectivity index (χ4v) is 4.30. The van der Waals surface area contributed by atoms with Gasteiger partial charge in [-0.25, -0.2) is 9.78 Å². The third-order valence-electron chi connectivity index (χ3n) is 4.67. The summed E-state index contributed by atoms with van der Waals surface area (Å²) in [6, 6.07) is 0.346. The van der Waals surface area contributed by atoms with Crippen LogP contribution >= 0.6 is 11.3 Å². The van der Waals surface area contributed by atoms with Gasteiger partial charge >= 0.3 is 5.97 Å². The van der Waals surface area contributed by atoms with E-state index in [9.17, 15) is 14.7 Å². The molecule has 0 saturated heterocycles. The van der Waals surface area contributed by atoms with Gasteiger partial charge in [-0.1, -0.05) is 5.92 Å². The number of terminal acetylenes is 1. The molecule has 2 N–H and O–H groups in total. The number of aromatic nitrogens is 2. The molecule has 1 unspecified atom stereocenters. The summed E-state index contributed by atoms with van der Waals surface area (Å²) in [6.07, 6.45) is 6.54. The standard InChI is InChI=1S/C20H25N3O5S/c1-4-8-27-11-14(24)9-23(13-6-7-13)10-15-21-18(25)16-12(3)17(20(26)28-5-2)29-19(16)22-15/h1,13-14,24H,5-11H2,2-3H3,(H,21,22,25). The Labute approximate surface area is 172 Å². The lowest BCUT2D eigenvalue weighted by Crippen LogP contribution is -2.37. The predicted molar refractivity (Wildman–Crippen MR) is 110 cm³/mol. The van der Waals surface area contributed by atoms with Gasteiger partial charge in [0.25, 0.3) is 5.56 Å². The summed E-state index contributed by atoms with van der Waals surface area (Å²) in [4.78, 5) is 35.1. The zero-order valence-electron chi connectivity index (χ0n) is 16.6. The fraction of sp³-hybridized carbons (Fsp3) is 0.550. The molecule has 1 aliphatic rings. The van der Waals surface area contributed by atoms with Crippen molar-refractivity contribution in [2.75, 3.05) is 26.4 Å². The second-order valence-corrected chi connectivity index (χ2v) is 8.00. The van der Waals surface area contributed by atoms with E-state index in [-0.39, 0.29) is 25.4 Å². The van der Waals surface area contributed by atoms with Crippen LogP contribution in [-0.4, -0.2) is 64.5 Å². The molecule has 2 aromatic rings. The van der Waals surface area contributed by atoms with Crippen molar-refractivity contribution < 1.29 is 19.4 Å². The number of thiophene rings is 1. The van der Waals surface area contributed by atoms with E-state index in [1.54, 1.807) is 13.8 Å². The molecule has 0 radical (unpaired) electrons. The minimum atomic E-state index is -0.682. The first-order valence-electron chi connectivity index (χ1n) is 9.57. The molecule has 1 saturated carbocycles. The number of aromatic amines is 1. The van der Waals surface area contributed by atoms with Crippen LogP contribution in [0.15, 0.2) is 4.79 Å². The molecule has 2 aromatic heterocycles. The number of nitrogens with one attached hydrogen (secondary N) is 1. The van der Waals surface area contributed by atoms with Crippen molar-refractivity contribution >= 4 is 27.5 Å². The third-order valence-corrected chi connectivity index (χ3v) is 5.83. The van der Waals surface area contributed by atoms with Crippen molar-refractivity contribution in [3.05, 3.63) is 26.6 Å². The highest BCUT2D eigenvalue weighted by Gasteiger charge is 2.31. The molecule has 29 heavy (non-hydrogen) atoms. The smallest absolute Gasteiger partial charge is 0.348 e. The average molecular weight is 420 g/mol. The third kappa shape index (κ3) is 5.22. The molecule has 8 nitrogen and oxygen atoms in total. The molecular weight excluding hydrogens is 394 g/mol. The van der Waals surface area contributed by atoms with Gasteiger partial charge in [-0.2, -0.15) is 0 Å². The van der Waals surface area contributed by atoms with E-state index in [4.69, 9.17) is 15.9 Å². The molecule has 0 bridgehead atoms. The molecule has 0 aliphatic heterocycles. The lowest BCUT2D eigenvalue weighted by Gasteiger charge is -2.24. The van der Waals surface area contributed by atoms with E-state index in [0.29, 0.717) is 45.6 Å². The van der Waals surface area contributed by atoms with Crippen molar-refractivity contribution in [3.63, 3.8) is 0 Å². The number of carbonyl (C=O) groups excluding carboxylic acids is 1. The number of H-pyrrole nitrogens is 1. The van der Waals surface area contributed by atoms with E-state index >= 15 is 0 Å². The second kappa shape index (κ2) is 9.50. The first kappa shape index (κ1) is 21.5. The largest absolute Gasteiger partial charge is 0.462 e.